The van der Waals surface area contributed by atoms with Crippen LogP contribution in [0.2, 0.25) is 0 Å². The summed E-state index contributed by atoms with van der Waals surface area (Å²) in [4.78, 5) is 10.4. The number of H-pyrrole nitrogens is 1. The standard InChI is InChI=1S/C27H26FN5O/c1-4-5-17-8-16(2)26(22(28)9-17)20-10-21-24(11-23(20)29-3)31-32-27(21)19-6-7-25(30-12-19)33-13-18(14-33)15-34/h6-12,18,34H,4-5,13-15H2,1-2H3,(H,31,32). The fourth-order valence-corrected chi connectivity index (χ4v) is 4.74. The first-order valence-electron chi connectivity index (χ1n) is 11.5. The Bertz CT molecular complexity index is 1370. The number of hydrogen-bond donors (Lipinski definition) is 2. The van der Waals surface area contributed by atoms with Gasteiger partial charge in [-0.25, -0.2) is 14.2 Å². The van der Waals surface area contributed by atoms with Crippen molar-refractivity contribution in [1.82, 2.24) is 15.2 Å². The zero-order chi connectivity index (χ0) is 23.8. The molecule has 0 aliphatic carbocycles. The molecule has 1 aliphatic rings. The molecule has 34 heavy (non-hydrogen) atoms. The Balaban J connectivity index is 1.56. The maximum atomic E-state index is 15.2. The summed E-state index contributed by atoms with van der Waals surface area (Å²) >= 11 is 0. The molecule has 0 radical (unpaired) electrons. The second-order valence-electron chi connectivity index (χ2n) is 8.98. The molecule has 1 saturated heterocycles. The van der Waals surface area contributed by atoms with Crippen molar-refractivity contribution in [2.45, 2.75) is 26.7 Å². The predicted octanol–water partition coefficient (Wildman–Crippen LogP) is 5.67. The van der Waals surface area contributed by atoms with Crippen LogP contribution in [-0.2, 0) is 6.42 Å². The second kappa shape index (κ2) is 8.88. The van der Waals surface area contributed by atoms with Crippen molar-refractivity contribution >= 4 is 22.4 Å². The van der Waals surface area contributed by atoms with Crippen LogP contribution >= 0.6 is 0 Å². The molecule has 1 aliphatic heterocycles. The number of aliphatic hydroxyl groups excluding tert-OH is 1. The number of benzene rings is 2. The van der Waals surface area contributed by atoms with Gasteiger partial charge in [0.05, 0.1) is 12.1 Å². The zero-order valence-corrected chi connectivity index (χ0v) is 19.3. The number of fused-ring (bicyclic) bond motifs is 1. The number of hydrogen-bond acceptors (Lipinski definition) is 4. The predicted molar refractivity (Wildman–Crippen MR) is 133 cm³/mol. The zero-order valence-electron chi connectivity index (χ0n) is 19.3. The van der Waals surface area contributed by atoms with Gasteiger partial charge < -0.3 is 10.0 Å². The number of nitrogens with one attached hydrogen (secondary N) is 1. The molecule has 0 atom stereocenters. The molecule has 4 aromatic rings. The first-order chi connectivity index (χ1) is 16.5. The Hall–Kier alpha value is -3.76. The number of nitrogens with zero attached hydrogens (tertiary/aromatic N) is 4. The number of aromatic nitrogens is 3. The molecule has 3 heterocycles. The van der Waals surface area contributed by atoms with Gasteiger partial charge in [-0.1, -0.05) is 25.5 Å². The Morgan fingerprint density at radius 2 is 2.06 bits per heavy atom. The normalized spacial score (nSPS) is 13.8. The van der Waals surface area contributed by atoms with Crippen LogP contribution < -0.4 is 4.90 Å². The third-order valence-corrected chi connectivity index (χ3v) is 6.52. The summed E-state index contributed by atoms with van der Waals surface area (Å²) in [5.74, 6) is 0.875. The molecular formula is C27H26FN5O. The minimum Gasteiger partial charge on any atom is -0.396 e. The van der Waals surface area contributed by atoms with E-state index in [9.17, 15) is 5.11 Å². The van der Waals surface area contributed by atoms with Crippen LogP contribution in [0, 0.1) is 25.2 Å². The molecule has 0 unspecified atom stereocenters. The molecule has 0 amide bonds. The smallest absolute Gasteiger partial charge is 0.197 e. The van der Waals surface area contributed by atoms with Gasteiger partial charge in [-0.2, -0.15) is 5.10 Å². The number of aromatic amines is 1. The minimum absolute atomic E-state index is 0.199. The summed E-state index contributed by atoms with van der Waals surface area (Å²) in [7, 11) is 0. The minimum atomic E-state index is -0.306. The second-order valence-corrected chi connectivity index (χ2v) is 8.98. The molecule has 0 saturated carbocycles. The number of anilines is 1. The molecule has 6 nitrogen and oxygen atoms in total. The van der Waals surface area contributed by atoms with Crippen molar-refractivity contribution < 1.29 is 9.50 Å². The summed E-state index contributed by atoms with van der Waals surface area (Å²) in [5.41, 5.74) is 5.48. The van der Waals surface area contributed by atoms with Crippen molar-refractivity contribution in [2.24, 2.45) is 5.92 Å². The maximum Gasteiger partial charge on any atom is 0.197 e. The van der Waals surface area contributed by atoms with E-state index in [1.807, 2.05) is 31.2 Å². The number of rotatable bonds is 6. The van der Waals surface area contributed by atoms with Crippen LogP contribution in [0.1, 0.15) is 24.5 Å². The molecule has 2 aromatic heterocycles. The summed E-state index contributed by atoms with van der Waals surface area (Å²) in [6.07, 6.45) is 3.55. The average Bonchev–Trinajstić information content (AvgIpc) is 3.21. The molecule has 0 spiro atoms. The Morgan fingerprint density at radius 3 is 2.71 bits per heavy atom. The van der Waals surface area contributed by atoms with Gasteiger partial charge in [0.15, 0.2) is 5.69 Å². The highest BCUT2D eigenvalue weighted by Crippen LogP contribution is 2.40. The lowest BCUT2D eigenvalue weighted by Crippen LogP contribution is -2.48. The van der Waals surface area contributed by atoms with Crippen LogP contribution in [0.3, 0.4) is 0 Å². The maximum absolute atomic E-state index is 15.2. The van der Waals surface area contributed by atoms with Crippen LogP contribution in [0.15, 0.2) is 42.6 Å². The quantitative estimate of drug-likeness (QED) is 0.368. The summed E-state index contributed by atoms with van der Waals surface area (Å²) in [6.45, 7) is 13.5. The Kier molecular flexibility index (Phi) is 5.76. The van der Waals surface area contributed by atoms with Gasteiger partial charge in [0.25, 0.3) is 0 Å². The van der Waals surface area contributed by atoms with Crippen molar-refractivity contribution in [3.05, 3.63) is 71.0 Å². The van der Waals surface area contributed by atoms with Gasteiger partial charge in [-0.15, -0.1) is 0 Å². The van der Waals surface area contributed by atoms with Crippen molar-refractivity contribution in [2.75, 3.05) is 24.6 Å². The lowest BCUT2D eigenvalue weighted by Gasteiger charge is -2.39. The van der Waals surface area contributed by atoms with Gasteiger partial charge in [0.1, 0.15) is 17.3 Å². The van der Waals surface area contributed by atoms with Crippen molar-refractivity contribution in [1.29, 1.82) is 0 Å². The molecule has 2 N–H and O–H groups in total. The van der Waals surface area contributed by atoms with Gasteiger partial charge >= 0.3 is 0 Å². The third kappa shape index (κ3) is 3.80. The average molecular weight is 456 g/mol. The SMILES string of the molecule is [C-]#[N+]c1cc2[nH]nc(-c3ccc(N4CC(CO)C4)nc3)c2cc1-c1c(C)cc(CCC)cc1F. The molecule has 1 fully saturated rings. The lowest BCUT2D eigenvalue weighted by molar-refractivity contribution is 0.200. The van der Waals surface area contributed by atoms with E-state index in [0.717, 1.165) is 59.3 Å². The van der Waals surface area contributed by atoms with E-state index in [0.29, 0.717) is 28.4 Å². The van der Waals surface area contributed by atoms with Crippen LogP contribution in [0.4, 0.5) is 15.9 Å². The highest BCUT2D eigenvalue weighted by molar-refractivity contribution is 6.00. The van der Waals surface area contributed by atoms with Crippen molar-refractivity contribution in [3.8, 4) is 22.4 Å². The van der Waals surface area contributed by atoms with E-state index in [1.165, 1.54) is 0 Å². The number of aryl methyl sites for hydroxylation is 2. The number of aliphatic hydroxyl groups is 1. The van der Waals surface area contributed by atoms with Crippen LogP contribution in [0.5, 0.6) is 0 Å². The van der Waals surface area contributed by atoms with E-state index < -0.39 is 0 Å². The molecule has 5 rings (SSSR count). The van der Waals surface area contributed by atoms with E-state index >= 15 is 4.39 Å². The monoisotopic (exact) mass is 455 g/mol. The largest absolute Gasteiger partial charge is 0.396 e. The third-order valence-electron chi connectivity index (χ3n) is 6.52. The van der Waals surface area contributed by atoms with E-state index in [1.54, 1.807) is 18.3 Å². The van der Waals surface area contributed by atoms with E-state index in [-0.39, 0.29) is 12.4 Å². The van der Waals surface area contributed by atoms with Gasteiger partial charge in [-0.3, -0.25) is 5.10 Å². The number of halogens is 1. The van der Waals surface area contributed by atoms with Gasteiger partial charge in [-0.05, 0) is 54.3 Å². The van der Waals surface area contributed by atoms with Crippen LogP contribution in [0.25, 0.3) is 38.1 Å². The topological polar surface area (TPSA) is 69.4 Å². The van der Waals surface area contributed by atoms with E-state index in [4.69, 9.17) is 6.57 Å². The van der Waals surface area contributed by atoms with Gasteiger partial charge in [0.2, 0.25) is 0 Å². The summed E-state index contributed by atoms with van der Waals surface area (Å²) in [6, 6.07) is 11.1. The first kappa shape index (κ1) is 22.1. The highest BCUT2D eigenvalue weighted by atomic mass is 19.1. The van der Waals surface area contributed by atoms with Gasteiger partial charge in [0, 0.05) is 48.3 Å². The molecule has 0 bridgehead atoms. The Morgan fingerprint density at radius 1 is 1.24 bits per heavy atom. The lowest BCUT2D eigenvalue weighted by atomic mass is 9.93. The summed E-state index contributed by atoms with van der Waals surface area (Å²) in [5, 5.41) is 17.6. The Labute approximate surface area is 197 Å². The van der Waals surface area contributed by atoms with Crippen LogP contribution in [-0.4, -0.2) is 40.0 Å². The fraction of sp³-hybridized carbons (Fsp3) is 0.296. The summed E-state index contributed by atoms with van der Waals surface area (Å²) < 4.78 is 15.2. The first-order valence-corrected chi connectivity index (χ1v) is 11.5. The van der Waals surface area contributed by atoms with E-state index in [2.05, 4.69) is 31.9 Å². The highest BCUT2D eigenvalue weighted by Gasteiger charge is 2.27. The fourth-order valence-electron chi connectivity index (χ4n) is 4.74. The molecule has 7 heteroatoms. The number of pyridine rings is 1. The molecule has 2 aromatic carbocycles. The molecule has 172 valence electrons. The molecular weight excluding hydrogens is 429 g/mol. The van der Waals surface area contributed by atoms with Crippen molar-refractivity contribution in [3.63, 3.8) is 0 Å².